The predicted molar refractivity (Wildman–Crippen MR) is 111 cm³/mol. The fourth-order valence-corrected chi connectivity index (χ4v) is 5.75. The summed E-state index contributed by atoms with van der Waals surface area (Å²) in [4.78, 5) is 14.7. The highest BCUT2D eigenvalue weighted by molar-refractivity contribution is 7.89. The Bertz CT molecular complexity index is 950. The molecule has 1 heterocycles. The molecular weight excluding hydrogens is 372 g/mol. The van der Waals surface area contributed by atoms with Gasteiger partial charge in [-0.15, -0.1) is 0 Å². The number of hydrogen-bond acceptors (Lipinski definition) is 3. The van der Waals surface area contributed by atoms with Gasteiger partial charge in [0.1, 0.15) is 0 Å². The van der Waals surface area contributed by atoms with Gasteiger partial charge in [-0.25, -0.2) is 8.42 Å². The largest absolute Gasteiger partial charge is 0.340 e. The summed E-state index contributed by atoms with van der Waals surface area (Å²) in [5.74, 6) is 0.0435. The minimum Gasteiger partial charge on any atom is -0.340 e. The molecule has 0 aliphatic carbocycles. The number of hydrogen-bond donors (Lipinski definition) is 0. The van der Waals surface area contributed by atoms with Crippen molar-refractivity contribution in [1.29, 1.82) is 0 Å². The van der Waals surface area contributed by atoms with Crippen molar-refractivity contribution in [2.24, 2.45) is 0 Å². The van der Waals surface area contributed by atoms with Gasteiger partial charge in [0.05, 0.1) is 11.3 Å². The van der Waals surface area contributed by atoms with E-state index in [4.69, 9.17) is 0 Å². The van der Waals surface area contributed by atoms with Gasteiger partial charge < -0.3 is 4.90 Å². The lowest BCUT2D eigenvalue weighted by Gasteiger charge is -2.35. The molecule has 6 heteroatoms. The summed E-state index contributed by atoms with van der Waals surface area (Å²) in [6.45, 7) is 9.13. The van der Waals surface area contributed by atoms with E-state index >= 15 is 0 Å². The predicted octanol–water partition coefficient (Wildman–Crippen LogP) is 3.00. The van der Waals surface area contributed by atoms with Crippen LogP contribution in [0.15, 0.2) is 41.3 Å². The Balaban J connectivity index is 1.73. The lowest BCUT2D eigenvalue weighted by molar-refractivity contribution is -0.131. The van der Waals surface area contributed by atoms with Crippen molar-refractivity contribution < 1.29 is 13.2 Å². The van der Waals surface area contributed by atoms with Crippen LogP contribution in [0, 0.1) is 27.7 Å². The molecule has 5 nitrogen and oxygen atoms in total. The van der Waals surface area contributed by atoms with Crippen molar-refractivity contribution in [2.75, 3.05) is 26.2 Å². The molecule has 0 spiro atoms. The van der Waals surface area contributed by atoms with Crippen LogP contribution in [0.4, 0.5) is 0 Å². The van der Waals surface area contributed by atoms with E-state index in [-0.39, 0.29) is 5.91 Å². The Hall–Kier alpha value is -2.18. The van der Waals surface area contributed by atoms with Crippen molar-refractivity contribution in [3.63, 3.8) is 0 Å². The van der Waals surface area contributed by atoms with E-state index in [0.29, 0.717) is 37.5 Å². The van der Waals surface area contributed by atoms with Gasteiger partial charge >= 0.3 is 0 Å². The standard InChI is InChI=1S/C22H28N2O3S/c1-16-14-17(2)19(4)22(18(16)3)28(26,27)24-12-10-23(11-13-24)21(25)15-20-8-6-5-7-9-20/h5-9,14H,10-13,15H2,1-4H3. The van der Waals surface area contributed by atoms with Gasteiger partial charge in [-0.1, -0.05) is 36.4 Å². The third-order valence-corrected chi connectivity index (χ3v) is 7.86. The maximum absolute atomic E-state index is 13.3. The highest BCUT2D eigenvalue weighted by Crippen LogP contribution is 2.29. The molecule has 0 aromatic heterocycles. The summed E-state index contributed by atoms with van der Waals surface area (Å²) >= 11 is 0. The molecule has 3 rings (SSSR count). The molecule has 0 radical (unpaired) electrons. The first-order valence-electron chi connectivity index (χ1n) is 9.61. The average molecular weight is 401 g/mol. The van der Waals surface area contributed by atoms with Gasteiger partial charge in [0.25, 0.3) is 0 Å². The number of benzene rings is 2. The van der Waals surface area contributed by atoms with E-state index < -0.39 is 10.0 Å². The molecule has 0 atom stereocenters. The smallest absolute Gasteiger partial charge is 0.243 e. The molecule has 2 aromatic rings. The number of aryl methyl sites for hydroxylation is 2. The molecule has 1 fully saturated rings. The van der Waals surface area contributed by atoms with E-state index in [0.717, 1.165) is 27.8 Å². The van der Waals surface area contributed by atoms with E-state index in [2.05, 4.69) is 0 Å². The normalized spacial score (nSPS) is 15.6. The summed E-state index contributed by atoms with van der Waals surface area (Å²) < 4.78 is 28.2. The highest BCUT2D eigenvalue weighted by Gasteiger charge is 2.32. The molecule has 0 bridgehead atoms. The molecule has 0 saturated carbocycles. The molecule has 1 saturated heterocycles. The van der Waals surface area contributed by atoms with Gasteiger partial charge in [0, 0.05) is 26.2 Å². The van der Waals surface area contributed by atoms with Gasteiger partial charge in [-0.2, -0.15) is 4.31 Å². The number of carbonyl (C=O) groups is 1. The van der Waals surface area contributed by atoms with Crippen molar-refractivity contribution in [1.82, 2.24) is 9.21 Å². The topological polar surface area (TPSA) is 57.7 Å². The Morgan fingerprint density at radius 1 is 0.893 bits per heavy atom. The second kappa shape index (κ2) is 8.05. The fraction of sp³-hybridized carbons (Fsp3) is 0.409. The quantitative estimate of drug-likeness (QED) is 0.793. The Morgan fingerprint density at radius 3 is 1.96 bits per heavy atom. The summed E-state index contributed by atoms with van der Waals surface area (Å²) in [6, 6.07) is 11.7. The summed E-state index contributed by atoms with van der Waals surface area (Å²) in [5.41, 5.74) is 4.57. The maximum Gasteiger partial charge on any atom is 0.243 e. The van der Waals surface area contributed by atoms with Crippen LogP contribution >= 0.6 is 0 Å². The zero-order chi connectivity index (χ0) is 20.5. The fourth-order valence-electron chi connectivity index (χ4n) is 3.76. The SMILES string of the molecule is Cc1cc(C)c(C)c(S(=O)(=O)N2CCN(C(=O)Cc3ccccc3)CC2)c1C. The lowest BCUT2D eigenvalue weighted by atomic mass is 10.0. The highest BCUT2D eigenvalue weighted by atomic mass is 32.2. The van der Waals surface area contributed by atoms with E-state index in [1.807, 2.05) is 64.1 Å². The minimum absolute atomic E-state index is 0.0435. The van der Waals surface area contributed by atoms with Gasteiger partial charge in [-0.05, 0) is 55.5 Å². The van der Waals surface area contributed by atoms with Crippen molar-refractivity contribution in [3.8, 4) is 0 Å². The van der Waals surface area contributed by atoms with Crippen LogP contribution in [0.3, 0.4) is 0 Å². The Morgan fingerprint density at radius 2 is 1.43 bits per heavy atom. The number of sulfonamides is 1. The monoisotopic (exact) mass is 400 g/mol. The first-order valence-corrected chi connectivity index (χ1v) is 11.0. The van der Waals surface area contributed by atoms with Crippen LogP contribution in [0.25, 0.3) is 0 Å². The lowest BCUT2D eigenvalue weighted by Crippen LogP contribution is -2.51. The first-order chi connectivity index (χ1) is 13.2. The number of amides is 1. The van der Waals surface area contributed by atoms with Crippen LogP contribution in [-0.4, -0.2) is 49.7 Å². The van der Waals surface area contributed by atoms with Crippen LogP contribution in [-0.2, 0) is 21.2 Å². The molecular formula is C22H28N2O3S. The molecule has 150 valence electrons. The third-order valence-electron chi connectivity index (χ3n) is 5.68. The summed E-state index contributed by atoms with van der Waals surface area (Å²) in [7, 11) is -3.58. The second-order valence-corrected chi connectivity index (χ2v) is 9.41. The maximum atomic E-state index is 13.3. The van der Waals surface area contributed by atoms with Crippen molar-refractivity contribution >= 4 is 15.9 Å². The Kier molecular flexibility index (Phi) is 5.91. The molecule has 1 amide bonds. The second-order valence-electron chi connectivity index (χ2n) is 7.54. The molecule has 1 aliphatic rings. The van der Waals surface area contributed by atoms with E-state index in [1.165, 1.54) is 4.31 Å². The van der Waals surface area contributed by atoms with E-state index in [1.54, 1.807) is 4.90 Å². The molecule has 28 heavy (non-hydrogen) atoms. The molecule has 2 aromatic carbocycles. The molecule has 0 unspecified atom stereocenters. The van der Waals surface area contributed by atoms with Crippen LogP contribution in [0.1, 0.15) is 27.8 Å². The number of carbonyl (C=O) groups excluding carboxylic acids is 1. The summed E-state index contributed by atoms with van der Waals surface area (Å²) in [6.07, 6.45) is 0.350. The third kappa shape index (κ3) is 3.98. The number of nitrogens with zero attached hydrogens (tertiary/aromatic N) is 2. The van der Waals surface area contributed by atoms with Gasteiger partial charge in [0.15, 0.2) is 0 Å². The zero-order valence-electron chi connectivity index (χ0n) is 17.0. The average Bonchev–Trinajstić information content (AvgIpc) is 2.67. The van der Waals surface area contributed by atoms with E-state index in [9.17, 15) is 13.2 Å². The van der Waals surface area contributed by atoms with Crippen molar-refractivity contribution in [3.05, 3.63) is 64.2 Å². The number of rotatable bonds is 4. The summed E-state index contributed by atoms with van der Waals surface area (Å²) in [5, 5.41) is 0. The number of piperazine rings is 1. The van der Waals surface area contributed by atoms with Crippen LogP contribution in [0.2, 0.25) is 0 Å². The first kappa shape index (κ1) is 20.6. The molecule has 0 N–H and O–H groups in total. The molecule has 1 aliphatic heterocycles. The van der Waals surface area contributed by atoms with Gasteiger partial charge in [0.2, 0.25) is 15.9 Å². The van der Waals surface area contributed by atoms with Crippen molar-refractivity contribution in [2.45, 2.75) is 39.0 Å². The zero-order valence-corrected chi connectivity index (χ0v) is 17.8. The Labute approximate surface area is 168 Å². The van der Waals surface area contributed by atoms with Crippen LogP contribution < -0.4 is 0 Å². The van der Waals surface area contributed by atoms with Crippen LogP contribution in [0.5, 0.6) is 0 Å². The van der Waals surface area contributed by atoms with Gasteiger partial charge in [-0.3, -0.25) is 4.79 Å². The minimum atomic E-state index is -3.58.